The number of thiazole rings is 1. The van der Waals surface area contributed by atoms with Crippen molar-refractivity contribution in [3.8, 4) is 11.5 Å². The lowest BCUT2D eigenvalue weighted by Crippen LogP contribution is -2.23. The van der Waals surface area contributed by atoms with Gasteiger partial charge in [-0.15, -0.1) is 35.3 Å². The average molecular weight is 462 g/mol. The van der Waals surface area contributed by atoms with Gasteiger partial charge in [0.25, 0.3) is 0 Å². The van der Waals surface area contributed by atoms with Gasteiger partial charge in [-0.3, -0.25) is 0 Å². The SMILES string of the molecule is CCOc1ccc(OCC)c(NC(N)=NCc2scnc2C)c1.I. The van der Waals surface area contributed by atoms with Gasteiger partial charge in [-0.25, -0.2) is 9.98 Å². The fraction of sp³-hybridized carbons (Fsp3) is 0.375. The number of benzene rings is 1. The molecule has 0 aliphatic heterocycles. The summed E-state index contributed by atoms with van der Waals surface area (Å²) < 4.78 is 11.1. The monoisotopic (exact) mass is 462 g/mol. The van der Waals surface area contributed by atoms with E-state index in [9.17, 15) is 0 Å². The number of guanidine groups is 1. The minimum Gasteiger partial charge on any atom is -0.494 e. The predicted molar refractivity (Wildman–Crippen MR) is 110 cm³/mol. The van der Waals surface area contributed by atoms with Crippen molar-refractivity contribution >= 4 is 47.0 Å². The van der Waals surface area contributed by atoms with E-state index >= 15 is 0 Å². The molecule has 1 aromatic heterocycles. The average Bonchev–Trinajstić information content (AvgIpc) is 2.93. The van der Waals surface area contributed by atoms with Crippen LogP contribution in [0, 0.1) is 6.92 Å². The zero-order valence-electron chi connectivity index (χ0n) is 14.0. The molecule has 3 N–H and O–H groups in total. The molecule has 0 saturated carbocycles. The lowest BCUT2D eigenvalue weighted by Gasteiger charge is -2.13. The van der Waals surface area contributed by atoms with E-state index in [1.807, 2.05) is 44.5 Å². The quantitative estimate of drug-likeness (QED) is 0.372. The Balaban J connectivity index is 0.00000288. The first-order valence-electron chi connectivity index (χ1n) is 7.49. The van der Waals surface area contributed by atoms with Crippen molar-refractivity contribution in [1.29, 1.82) is 0 Å². The molecule has 0 atom stereocenters. The normalized spacial score (nSPS) is 10.9. The lowest BCUT2D eigenvalue weighted by atomic mass is 10.2. The van der Waals surface area contributed by atoms with Crippen LogP contribution < -0.4 is 20.5 Å². The Hall–Kier alpha value is -1.55. The first kappa shape index (κ1) is 20.5. The molecule has 24 heavy (non-hydrogen) atoms. The molecule has 0 bridgehead atoms. The topological polar surface area (TPSA) is 81.8 Å². The third kappa shape index (κ3) is 5.82. The van der Waals surface area contributed by atoms with Crippen LogP contribution in [0.1, 0.15) is 24.4 Å². The van der Waals surface area contributed by atoms with E-state index in [2.05, 4.69) is 15.3 Å². The van der Waals surface area contributed by atoms with Crippen LogP contribution in [0.5, 0.6) is 11.5 Å². The van der Waals surface area contributed by atoms with E-state index < -0.39 is 0 Å². The molecular weight excluding hydrogens is 439 g/mol. The molecule has 0 spiro atoms. The lowest BCUT2D eigenvalue weighted by molar-refractivity contribution is 0.332. The summed E-state index contributed by atoms with van der Waals surface area (Å²) in [4.78, 5) is 9.66. The van der Waals surface area contributed by atoms with Gasteiger partial charge < -0.3 is 20.5 Å². The molecule has 0 unspecified atom stereocenters. The highest BCUT2D eigenvalue weighted by Gasteiger charge is 2.07. The molecule has 0 saturated heterocycles. The van der Waals surface area contributed by atoms with Crippen molar-refractivity contribution in [1.82, 2.24) is 4.98 Å². The van der Waals surface area contributed by atoms with E-state index in [1.165, 1.54) is 0 Å². The smallest absolute Gasteiger partial charge is 0.193 e. The Morgan fingerprint density at radius 1 is 1.29 bits per heavy atom. The molecule has 0 radical (unpaired) electrons. The number of nitrogens with one attached hydrogen (secondary N) is 1. The molecule has 0 aliphatic rings. The van der Waals surface area contributed by atoms with E-state index in [1.54, 1.807) is 11.3 Å². The van der Waals surface area contributed by atoms with Gasteiger partial charge in [-0.05, 0) is 32.9 Å². The van der Waals surface area contributed by atoms with Gasteiger partial charge in [0.2, 0.25) is 0 Å². The van der Waals surface area contributed by atoms with Gasteiger partial charge in [0.15, 0.2) is 5.96 Å². The summed E-state index contributed by atoms with van der Waals surface area (Å²) in [6.45, 7) is 7.51. The van der Waals surface area contributed by atoms with Crippen LogP contribution in [-0.4, -0.2) is 24.2 Å². The summed E-state index contributed by atoms with van der Waals surface area (Å²) in [5.74, 6) is 1.79. The Morgan fingerprint density at radius 3 is 2.67 bits per heavy atom. The number of nitrogens with zero attached hydrogens (tertiary/aromatic N) is 2. The predicted octanol–water partition coefficient (Wildman–Crippen LogP) is 3.79. The molecule has 0 amide bonds. The zero-order chi connectivity index (χ0) is 16.7. The maximum atomic E-state index is 5.99. The van der Waals surface area contributed by atoms with Gasteiger partial charge in [-0.2, -0.15) is 0 Å². The highest BCUT2D eigenvalue weighted by atomic mass is 127. The van der Waals surface area contributed by atoms with Crippen LogP contribution >= 0.6 is 35.3 Å². The highest BCUT2D eigenvalue weighted by molar-refractivity contribution is 14.0. The standard InChI is InChI=1S/C16H22N4O2S.HI/c1-4-21-12-6-7-14(22-5-2)13(8-12)20-16(17)18-9-15-11(3)19-10-23-15;/h6-8,10H,4-5,9H2,1-3H3,(H3,17,18,20);1H. The number of hydrogen-bond acceptors (Lipinski definition) is 5. The number of aromatic nitrogens is 1. The number of hydrogen-bond donors (Lipinski definition) is 2. The zero-order valence-corrected chi connectivity index (χ0v) is 17.2. The summed E-state index contributed by atoms with van der Waals surface area (Å²) >= 11 is 1.57. The highest BCUT2D eigenvalue weighted by Crippen LogP contribution is 2.29. The Morgan fingerprint density at radius 2 is 2.04 bits per heavy atom. The number of aliphatic imine (C=N–C) groups is 1. The molecule has 2 rings (SSSR count). The van der Waals surface area contributed by atoms with Crippen molar-refractivity contribution in [3.63, 3.8) is 0 Å². The first-order valence-corrected chi connectivity index (χ1v) is 8.37. The van der Waals surface area contributed by atoms with Gasteiger partial charge >= 0.3 is 0 Å². The molecule has 1 heterocycles. The van der Waals surface area contributed by atoms with Crippen LogP contribution in [-0.2, 0) is 6.54 Å². The Kier molecular flexibility index (Phi) is 8.83. The first-order chi connectivity index (χ1) is 11.1. The molecule has 0 fully saturated rings. The summed E-state index contributed by atoms with van der Waals surface area (Å²) in [7, 11) is 0. The second-order valence-corrected chi connectivity index (χ2v) is 5.65. The minimum atomic E-state index is 0. The number of aryl methyl sites for hydroxylation is 1. The van der Waals surface area contributed by atoms with E-state index in [0.29, 0.717) is 31.5 Å². The van der Waals surface area contributed by atoms with Crippen LogP contribution in [0.15, 0.2) is 28.7 Å². The molecule has 1 aromatic carbocycles. The van der Waals surface area contributed by atoms with Crippen LogP contribution in [0.25, 0.3) is 0 Å². The number of nitrogens with two attached hydrogens (primary N) is 1. The van der Waals surface area contributed by atoms with E-state index in [-0.39, 0.29) is 24.0 Å². The number of halogens is 1. The molecule has 8 heteroatoms. The fourth-order valence-corrected chi connectivity index (χ4v) is 2.66. The van der Waals surface area contributed by atoms with Crippen LogP contribution in [0.4, 0.5) is 5.69 Å². The number of rotatable bonds is 7. The van der Waals surface area contributed by atoms with E-state index in [4.69, 9.17) is 15.2 Å². The molecule has 6 nitrogen and oxygen atoms in total. The second kappa shape index (κ2) is 10.3. The van der Waals surface area contributed by atoms with Gasteiger partial charge in [0.1, 0.15) is 11.5 Å². The Bertz CT molecular complexity index is 676. The summed E-state index contributed by atoms with van der Waals surface area (Å²) in [6, 6.07) is 5.58. The van der Waals surface area contributed by atoms with Crippen molar-refractivity contribution in [2.45, 2.75) is 27.3 Å². The van der Waals surface area contributed by atoms with Crippen molar-refractivity contribution in [2.75, 3.05) is 18.5 Å². The molecule has 2 aromatic rings. The van der Waals surface area contributed by atoms with Gasteiger partial charge in [0.05, 0.1) is 36.7 Å². The van der Waals surface area contributed by atoms with Crippen molar-refractivity contribution in [2.24, 2.45) is 10.7 Å². The maximum absolute atomic E-state index is 5.99. The third-order valence-corrected chi connectivity index (χ3v) is 3.98. The van der Waals surface area contributed by atoms with Gasteiger partial charge in [0, 0.05) is 10.9 Å². The third-order valence-electron chi connectivity index (χ3n) is 3.06. The summed E-state index contributed by atoms with van der Waals surface area (Å²) in [5.41, 5.74) is 9.52. The minimum absolute atomic E-state index is 0. The second-order valence-electron chi connectivity index (χ2n) is 4.71. The van der Waals surface area contributed by atoms with Gasteiger partial charge in [-0.1, -0.05) is 0 Å². The summed E-state index contributed by atoms with van der Waals surface area (Å²) in [5, 5.41) is 3.08. The molecule has 0 aliphatic carbocycles. The summed E-state index contributed by atoms with van der Waals surface area (Å²) in [6.07, 6.45) is 0. The van der Waals surface area contributed by atoms with Crippen molar-refractivity contribution < 1.29 is 9.47 Å². The van der Waals surface area contributed by atoms with Crippen LogP contribution in [0.2, 0.25) is 0 Å². The fourth-order valence-electron chi connectivity index (χ4n) is 1.96. The molecular formula is C16H23IN4O2S. The number of ether oxygens (including phenoxy) is 2. The Labute approximate surface area is 163 Å². The maximum Gasteiger partial charge on any atom is 0.193 e. The van der Waals surface area contributed by atoms with Crippen LogP contribution in [0.3, 0.4) is 0 Å². The van der Waals surface area contributed by atoms with Crippen molar-refractivity contribution in [3.05, 3.63) is 34.3 Å². The molecule has 132 valence electrons. The van der Waals surface area contributed by atoms with E-state index in [0.717, 1.165) is 22.0 Å². The number of anilines is 1. The largest absolute Gasteiger partial charge is 0.494 e.